The fraction of sp³-hybridized carbons (Fsp3) is 0.867. The van der Waals surface area contributed by atoms with Gasteiger partial charge in [0.1, 0.15) is 0 Å². The maximum absolute atomic E-state index is 12.7. The van der Waals surface area contributed by atoms with Gasteiger partial charge in [-0.1, -0.05) is 0 Å². The highest BCUT2D eigenvalue weighted by Gasteiger charge is 2.58. The van der Waals surface area contributed by atoms with Gasteiger partial charge in [-0.05, 0) is 50.6 Å². The summed E-state index contributed by atoms with van der Waals surface area (Å²) < 4.78 is 0. The van der Waals surface area contributed by atoms with Crippen LogP contribution in [0.5, 0.6) is 0 Å². The lowest BCUT2D eigenvalue weighted by molar-refractivity contribution is -0.137. The average molecular weight is 279 g/mol. The fourth-order valence-electron chi connectivity index (χ4n) is 3.99. The van der Waals surface area contributed by atoms with Crippen LogP contribution in [0.1, 0.15) is 32.1 Å². The van der Waals surface area contributed by atoms with Crippen molar-refractivity contribution in [3.8, 4) is 0 Å². The molecule has 2 amide bonds. The average Bonchev–Trinajstić information content (AvgIpc) is 3.19. The zero-order valence-corrected chi connectivity index (χ0v) is 12.3. The predicted octanol–water partition coefficient (Wildman–Crippen LogP) is 0.361. The number of carbonyl (C=O) groups is 2. The first-order chi connectivity index (χ1) is 9.66. The van der Waals surface area contributed by atoms with Gasteiger partial charge in [-0.25, -0.2) is 0 Å². The second kappa shape index (κ2) is 5.35. The molecule has 0 aromatic carbocycles. The number of hydrogen-bond acceptors (Lipinski definition) is 3. The molecule has 2 N–H and O–H groups in total. The summed E-state index contributed by atoms with van der Waals surface area (Å²) in [5.41, 5.74) is 0.294. The van der Waals surface area contributed by atoms with Crippen LogP contribution < -0.4 is 10.6 Å². The summed E-state index contributed by atoms with van der Waals surface area (Å²) in [6, 6.07) is 0. The van der Waals surface area contributed by atoms with Crippen LogP contribution in [-0.2, 0) is 9.59 Å². The number of piperidine rings is 2. The summed E-state index contributed by atoms with van der Waals surface area (Å²) in [6.45, 7) is 3.54. The van der Waals surface area contributed by atoms with Crippen molar-refractivity contribution in [1.29, 1.82) is 0 Å². The van der Waals surface area contributed by atoms with Crippen LogP contribution in [0.15, 0.2) is 0 Å². The van der Waals surface area contributed by atoms with Gasteiger partial charge in [-0.2, -0.15) is 0 Å². The Balaban J connectivity index is 1.59. The molecule has 3 rings (SSSR count). The van der Waals surface area contributed by atoms with E-state index in [2.05, 4.69) is 10.6 Å². The minimum Gasteiger partial charge on any atom is -0.359 e. The Kier molecular flexibility index (Phi) is 3.71. The highest BCUT2D eigenvalue weighted by atomic mass is 16.2. The van der Waals surface area contributed by atoms with Crippen molar-refractivity contribution >= 4 is 11.8 Å². The summed E-state index contributed by atoms with van der Waals surface area (Å²) in [7, 11) is 1.67. The van der Waals surface area contributed by atoms with E-state index in [4.69, 9.17) is 0 Å². The first-order valence-corrected chi connectivity index (χ1v) is 7.87. The highest BCUT2D eigenvalue weighted by molar-refractivity contribution is 5.84. The van der Waals surface area contributed by atoms with E-state index in [1.165, 1.54) is 0 Å². The molecule has 3 aliphatic rings. The van der Waals surface area contributed by atoms with Crippen molar-refractivity contribution in [2.45, 2.75) is 32.1 Å². The number of nitrogens with zero attached hydrogens (tertiary/aromatic N) is 1. The SMILES string of the molecule is CNC(=O)C1CCCN(C(=O)C2CC23CCNCC3)C1. The third kappa shape index (κ3) is 2.43. The van der Waals surface area contributed by atoms with Crippen molar-refractivity contribution in [3.05, 3.63) is 0 Å². The Morgan fingerprint density at radius 3 is 2.75 bits per heavy atom. The predicted molar refractivity (Wildman–Crippen MR) is 76.0 cm³/mol. The number of likely N-dealkylation sites (tertiary alicyclic amines) is 1. The Labute approximate surface area is 120 Å². The Morgan fingerprint density at radius 2 is 2.05 bits per heavy atom. The van der Waals surface area contributed by atoms with Gasteiger partial charge in [0.05, 0.1) is 5.92 Å². The summed E-state index contributed by atoms with van der Waals surface area (Å²) in [5, 5.41) is 6.08. The molecular formula is C15H25N3O2. The zero-order valence-electron chi connectivity index (χ0n) is 12.3. The smallest absolute Gasteiger partial charge is 0.226 e. The van der Waals surface area contributed by atoms with E-state index in [0.717, 1.165) is 51.7 Å². The molecule has 2 saturated heterocycles. The Bertz CT molecular complexity index is 404. The van der Waals surface area contributed by atoms with Crippen LogP contribution in [0.3, 0.4) is 0 Å². The summed E-state index contributed by atoms with van der Waals surface area (Å²) in [4.78, 5) is 26.4. The molecule has 0 aromatic rings. The van der Waals surface area contributed by atoms with Gasteiger partial charge in [-0.15, -0.1) is 0 Å². The first-order valence-electron chi connectivity index (χ1n) is 7.87. The minimum atomic E-state index is -0.0135. The van der Waals surface area contributed by atoms with Crippen molar-refractivity contribution in [2.75, 3.05) is 33.2 Å². The number of hydrogen-bond donors (Lipinski definition) is 2. The molecule has 2 unspecified atom stereocenters. The lowest BCUT2D eigenvalue weighted by Crippen LogP contribution is -2.46. The third-order valence-corrected chi connectivity index (χ3v) is 5.44. The molecule has 1 saturated carbocycles. The van der Waals surface area contributed by atoms with Crippen molar-refractivity contribution < 1.29 is 9.59 Å². The monoisotopic (exact) mass is 279 g/mol. The van der Waals surface area contributed by atoms with Gasteiger partial charge >= 0.3 is 0 Å². The lowest BCUT2D eigenvalue weighted by Gasteiger charge is -2.33. The van der Waals surface area contributed by atoms with Crippen LogP contribution in [0, 0.1) is 17.3 Å². The molecule has 5 heteroatoms. The molecular weight excluding hydrogens is 254 g/mol. The van der Waals surface area contributed by atoms with Crippen LogP contribution >= 0.6 is 0 Å². The Morgan fingerprint density at radius 1 is 1.30 bits per heavy atom. The van der Waals surface area contributed by atoms with Crippen LogP contribution in [0.4, 0.5) is 0 Å². The van der Waals surface area contributed by atoms with Gasteiger partial charge in [0.15, 0.2) is 0 Å². The standard InChI is InChI=1S/C15H25N3O2/c1-16-13(19)11-3-2-8-18(10-11)14(20)12-9-15(12)4-6-17-7-5-15/h11-12,17H,2-10H2,1H3,(H,16,19). The van der Waals surface area contributed by atoms with E-state index >= 15 is 0 Å². The molecule has 2 atom stereocenters. The van der Waals surface area contributed by atoms with E-state index in [-0.39, 0.29) is 17.7 Å². The molecule has 1 aliphatic carbocycles. The number of nitrogens with one attached hydrogen (secondary N) is 2. The fourth-order valence-corrected chi connectivity index (χ4v) is 3.99. The normalized spacial score (nSPS) is 31.9. The topological polar surface area (TPSA) is 61.4 Å². The van der Waals surface area contributed by atoms with Crippen LogP contribution in [0.2, 0.25) is 0 Å². The summed E-state index contributed by atoms with van der Waals surface area (Å²) >= 11 is 0. The van der Waals surface area contributed by atoms with Crippen molar-refractivity contribution in [1.82, 2.24) is 15.5 Å². The second-order valence-electron chi connectivity index (χ2n) is 6.61. The third-order valence-electron chi connectivity index (χ3n) is 5.44. The lowest BCUT2D eigenvalue weighted by atomic mass is 9.91. The molecule has 2 heterocycles. The molecule has 0 bridgehead atoms. The highest BCUT2D eigenvalue weighted by Crippen LogP contribution is 2.59. The largest absolute Gasteiger partial charge is 0.359 e. The van der Waals surface area contributed by atoms with Crippen LogP contribution in [-0.4, -0.2) is 49.9 Å². The van der Waals surface area contributed by atoms with E-state index in [1.807, 2.05) is 4.90 Å². The van der Waals surface area contributed by atoms with E-state index < -0.39 is 0 Å². The maximum atomic E-state index is 12.7. The quantitative estimate of drug-likeness (QED) is 0.767. The molecule has 5 nitrogen and oxygen atoms in total. The molecule has 3 fully saturated rings. The molecule has 112 valence electrons. The Hall–Kier alpha value is -1.10. The van der Waals surface area contributed by atoms with Crippen molar-refractivity contribution in [2.24, 2.45) is 17.3 Å². The molecule has 0 aromatic heterocycles. The van der Waals surface area contributed by atoms with Crippen molar-refractivity contribution in [3.63, 3.8) is 0 Å². The first kappa shape index (κ1) is 13.9. The van der Waals surface area contributed by atoms with Gasteiger partial charge < -0.3 is 15.5 Å². The summed E-state index contributed by atoms with van der Waals surface area (Å²) in [5.74, 6) is 0.601. The molecule has 20 heavy (non-hydrogen) atoms. The van der Waals surface area contributed by atoms with E-state index in [0.29, 0.717) is 17.9 Å². The van der Waals surface area contributed by atoms with E-state index in [9.17, 15) is 9.59 Å². The van der Waals surface area contributed by atoms with Crippen LogP contribution in [0.25, 0.3) is 0 Å². The maximum Gasteiger partial charge on any atom is 0.226 e. The molecule has 1 spiro atoms. The number of carbonyl (C=O) groups excluding carboxylic acids is 2. The summed E-state index contributed by atoms with van der Waals surface area (Å²) in [6.07, 6.45) is 5.19. The van der Waals surface area contributed by atoms with E-state index in [1.54, 1.807) is 7.05 Å². The minimum absolute atomic E-state index is 0.0135. The number of amides is 2. The number of rotatable bonds is 2. The zero-order chi connectivity index (χ0) is 14.2. The molecule has 0 radical (unpaired) electrons. The van der Waals surface area contributed by atoms with Gasteiger partial charge in [0.25, 0.3) is 0 Å². The second-order valence-corrected chi connectivity index (χ2v) is 6.61. The van der Waals surface area contributed by atoms with Gasteiger partial charge in [0, 0.05) is 26.1 Å². The molecule has 2 aliphatic heterocycles. The van der Waals surface area contributed by atoms with Gasteiger partial charge in [0.2, 0.25) is 11.8 Å². The van der Waals surface area contributed by atoms with Gasteiger partial charge in [-0.3, -0.25) is 9.59 Å².